The predicted octanol–water partition coefficient (Wildman–Crippen LogP) is 2.88. The van der Waals surface area contributed by atoms with Gasteiger partial charge in [0.1, 0.15) is 0 Å². The molecule has 0 saturated carbocycles. The van der Waals surface area contributed by atoms with Gasteiger partial charge in [0.25, 0.3) is 0 Å². The number of rotatable bonds is 3. The van der Waals surface area contributed by atoms with Crippen molar-refractivity contribution < 1.29 is 4.79 Å². The molecule has 1 fully saturated rings. The van der Waals surface area contributed by atoms with Crippen LogP contribution in [-0.4, -0.2) is 47.0 Å². The summed E-state index contributed by atoms with van der Waals surface area (Å²) >= 11 is 1.44. The maximum Gasteiger partial charge on any atom is 0.323 e. The number of anilines is 1. The lowest BCUT2D eigenvalue weighted by molar-refractivity contribution is 0.211. The lowest BCUT2D eigenvalue weighted by atomic mass is 10.2. The van der Waals surface area contributed by atoms with Gasteiger partial charge in [-0.15, -0.1) is 11.3 Å². The van der Waals surface area contributed by atoms with E-state index in [1.54, 1.807) is 6.20 Å². The zero-order chi connectivity index (χ0) is 15.2. The molecule has 1 aliphatic heterocycles. The molecule has 0 atom stereocenters. The maximum absolute atomic E-state index is 12.2. The van der Waals surface area contributed by atoms with Gasteiger partial charge in [-0.2, -0.15) is 0 Å². The Hall–Kier alpha value is -1.92. The van der Waals surface area contributed by atoms with Crippen molar-refractivity contribution in [3.8, 4) is 0 Å². The summed E-state index contributed by atoms with van der Waals surface area (Å²) in [5.41, 5.74) is 1.32. The van der Waals surface area contributed by atoms with E-state index in [0.717, 1.165) is 39.1 Å². The van der Waals surface area contributed by atoms with Crippen molar-refractivity contribution >= 4 is 22.5 Å². The van der Waals surface area contributed by atoms with Gasteiger partial charge >= 0.3 is 6.03 Å². The molecular formula is C16H20N4OS. The first-order valence-electron chi connectivity index (χ1n) is 7.53. The zero-order valence-corrected chi connectivity index (χ0v) is 13.3. The minimum Gasteiger partial charge on any atom is -0.323 e. The molecule has 2 amide bonds. The average Bonchev–Trinajstić information content (AvgIpc) is 2.93. The van der Waals surface area contributed by atoms with Crippen LogP contribution in [0.3, 0.4) is 0 Å². The number of urea groups is 1. The van der Waals surface area contributed by atoms with E-state index in [4.69, 9.17) is 0 Å². The van der Waals surface area contributed by atoms with Crippen LogP contribution < -0.4 is 5.32 Å². The van der Waals surface area contributed by atoms with Gasteiger partial charge in [0.2, 0.25) is 0 Å². The van der Waals surface area contributed by atoms with Gasteiger partial charge in [0, 0.05) is 44.3 Å². The fraction of sp³-hybridized carbons (Fsp3) is 0.375. The van der Waals surface area contributed by atoms with Gasteiger partial charge in [-0.25, -0.2) is 9.78 Å². The first kappa shape index (κ1) is 15.0. The van der Waals surface area contributed by atoms with Crippen LogP contribution in [0, 0.1) is 0 Å². The smallest absolute Gasteiger partial charge is 0.323 e. The maximum atomic E-state index is 12.2. The van der Waals surface area contributed by atoms with Crippen LogP contribution in [0.15, 0.2) is 41.9 Å². The van der Waals surface area contributed by atoms with Crippen LogP contribution in [0.2, 0.25) is 0 Å². The highest BCUT2D eigenvalue weighted by atomic mass is 32.1. The van der Waals surface area contributed by atoms with E-state index in [9.17, 15) is 4.79 Å². The SMILES string of the molecule is O=C(Nc1nccs1)N1CCCN(Cc2ccccc2)CC1. The van der Waals surface area contributed by atoms with Crippen LogP contribution in [0.4, 0.5) is 9.93 Å². The molecular weight excluding hydrogens is 296 g/mol. The summed E-state index contributed by atoms with van der Waals surface area (Å²) in [6, 6.07) is 10.4. The summed E-state index contributed by atoms with van der Waals surface area (Å²) in [5.74, 6) is 0. The minimum atomic E-state index is -0.0449. The van der Waals surface area contributed by atoms with Crippen LogP contribution in [0.5, 0.6) is 0 Å². The number of hydrogen-bond acceptors (Lipinski definition) is 4. The van der Waals surface area contributed by atoms with E-state index in [2.05, 4.69) is 39.5 Å². The van der Waals surface area contributed by atoms with E-state index in [0.29, 0.717) is 5.13 Å². The topological polar surface area (TPSA) is 48.5 Å². The molecule has 116 valence electrons. The van der Waals surface area contributed by atoms with Gasteiger partial charge in [-0.1, -0.05) is 30.3 Å². The highest BCUT2D eigenvalue weighted by Gasteiger charge is 2.19. The Morgan fingerprint density at radius 1 is 1.18 bits per heavy atom. The number of carbonyl (C=O) groups excluding carboxylic acids is 1. The van der Waals surface area contributed by atoms with E-state index >= 15 is 0 Å². The quantitative estimate of drug-likeness (QED) is 0.947. The van der Waals surface area contributed by atoms with Crippen LogP contribution >= 0.6 is 11.3 Å². The van der Waals surface area contributed by atoms with Crippen LogP contribution in [0.25, 0.3) is 0 Å². The lowest BCUT2D eigenvalue weighted by Gasteiger charge is -2.22. The Bertz CT molecular complexity index is 587. The molecule has 0 bridgehead atoms. The molecule has 0 aliphatic carbocycles. The molecule has 2 heterocycles. The summed E-state index contributed by atoms with van der Waals surface area (Å²) in [4.78, 5) is 20.6. The third kappa shape index (κ3) is 4.05. The van der Waals surface area contributed by atoms with Crippen molar-refractivity contribution in [1.29, 1.82) is 0 Å². The van der Waals surface area contributed by atoms with Gasteiger partial charge < -0.3 is 4.90 Å². The van der Waals surface area contributed by atoms with Gasteiger partial charge in [0.15, 0.2) is 5.13 Å². The second-order valence-corrected chi connectivity index (χ2v) is 6.26. The minimum absolute atomic E-state index is 0.0449. The fourth-order valence-corrected chi connectivity index (χ4v) is 3.15. The predicted molar refractivity (Wildman–Crippen MR) is 89.0 cm³/mol. The van der Waals surface area contributed by atoms with Crippen molar-refractivity contribution in [3.05, 3.63) is 47.5 Å². The summed E-state index contributed by atoms with van der Waals surface area (Å²) in [5, 5.41) is 5.38. The Morgan fingerprint density at radius 3 is 2.82 bits per heavy atom. The second-order valence-electron chi connectivity index (χ2n) is 5.37. The van der Waals surface area contributed by atoms with Gasteiger partial charge in [-0.3, -0.25) is 10.2 Å². The molecule has 1 aromatic heterocycles. The highest BCUT2D eigenvalue weighted by molar-refractivity contribution is 7.13. The molecule has 2 aromatic rings. The summed E-state index contributed by atoms with van der Waals surface area (Å²) in [6.45, 7) is 4.42. The number of hydrogen-bond donors (Lipinski definition) is 1. The summed E-state index contributed by atoms with van der Waals surface area (Å²) in [7, 11) is 0. The van der Waals surface area contributed by atoms with Crippen molar-refractivity contribution in [1.82, 2.24) is 14.8 Å². The van der Waals surface area contributed by atoms with Gasteiger partial charge in [0.05, 0.1) is 0 Å². The number of amides is 2. The molecule has 0 radical (unpaired) electrons. The molecule has 1 N–H and O–H groups in total. The van der Waals surface area contributed by atoms with Crippen molar-refractivity contribution in [2.45, 2.75) is 13.0 Å². The van der Waals surface area contributed by atoms with Crippen molar-refractivity contribution in [2.75, 3.05) is 31.5 Å². The lowest BCUT2D eigenvalue weighted by Crippen LogP contribution is -2.38. The highest BCUT2D eigenvalue weighted by Crippen LogP contribution is 2.13. The van der Waals surface area contributed by atoms with Gasteiger partial charge in [-0.05, 0) is 12.0 Å². The molecule has 1 aromatic carbocycles. The third-order valence-corrected chi connectivity index (χ3v) is 4.46. The molecule has 6 heteroatoms. The number of thiazole rings is 1. The molecule has 1 saturated heterocycles. The zero-order valence-electron chi connectivity index (χ0n) is 12.4. The first-order chi connectivity index (χ1) is 10.8. The van der Waals surface area contributed by atoms with E-state index in [1.165, 1.54) is 16.9 Å². The largest absolute Gasteiger partial charge is 0.323 e. The molecule has 1 aliphatic rings. The molecule has 5 nitrogen and oxygen atoms in total. The average molecular weight is 316 g/mol. The van der Waals surface area contributed by atoms with Crippen molar-refractivity contribution in [2.24, 2.45) is 0 Å². The fourth-order valence-electron chi connectivity index (χ4n) is 2.63. The molecule has 0 unspecified atom stereocenters. The number of aromatic nitrogens is 1. The summed E-state index contributed by atoms with van der Waals surface area (Å²) in [6.07, 6.45) is 2.70. The first-order valence-corrected chi connectivity index (χ1v) is 8.41. The second kappa shape index (κ2) is 7.38. The van der Waals surface area contributed by atoms with Crippen LogP contribution in [0.1, 0.15) is 12.0 Å². The summed E-state index contributed by atoms with van der Waals surface area (Å²) < 4.78 is 0. The number of nitrogens with zero attached hydrogens (tertiary/aromatic N) is 3. The van der Waals surface area contributed by atoms with Crippen LogP contribution in [-0.2, 0) is 6.54 Å². The van der Waals surface area contributed by atoms with E-state index < -0.39 is 0 Å². The molecule has 3 rings (SSSR count). The standard InChI is InChI=1S/C16H20N4OS/c21-16(18-15-17-7-12-22-15)20-9-4-8-19(10-11-20)13-14-5-2-1-3-6-14/h1-3,5-7,12H,4,8-11,13H2,(H,17,18,21). The van der Waals surface area contributed by atoms with E-state index in [-0.39, 0.29) is 6.03 Å². The monoisotopic (exact) mass is 316 g/mol. The van der Waals surface area contributed by atoms with Crippen molar-refractivity contribution in [3.63, 3.8) is 0 Å². The molecule has 0 spiro atoms. The Morgan fingerprint density at radius 2 is 2.05 bits per heavy atom. The Balaban J connectivity index is 1.52. The Labute approximate surface area is 134 Å². The number of nitrogens with one attached hydrogen (secondary N) is 1. The third-order valence-electron chi connectivity index (χ3n) is 3.77. The Kier molecular flexibility index (Phi) is 5.03. The molecule has 22 heavy (non-hydrogen) atoms. The number of benzene rings is 1. The number of carbonyl (C=O) groups is 1. The van der Waals surface area contributed by atoms with E-state index in [1.807, 2.05) is 16.3 Å². The normalized spacial score (nSPS) is 16.3.